The number of carbonyl (C=O) groups is 1. The summed E-state index contributed by atoms with van der Waals surface area (Å²) in [5.74, 6) is 0.0346. The molecule has 2 aromatic rings. The highest BCUT2D eigenvalue weighted by Gasteiger charge is 2.42. The van der Waals surface area contributed by atoms with Crippen LogP contribution < -0.4 is 9.80 Å². The van der Waals surface area contributed by atoms with Crippen LogP contribution in [0.5, 0.6) is 0 Å². The summed E-state index contributed by atoms with van der Waals surface area (Å²) in [5.41, 5.74) is 3.17. The molecule has 5 rings (SSSR count). The van der Waals surface area contributed by atoms with E-state index in [9.17, 15) is 14.9 Å². The number of rotatable bonds is 3. The molecule has 0 bridgehead atoms. The zero-order valence-electron chi connectivity index (χ0n) is 18.0. The van der Waals surface area contributed by atoms with Crippen LogP contribution in [0.15, 0.2) is 42.5 Å². The molecule has 3 aliphatic heterocycles. The summed E-state index contributed by atoms with van der Waals surface area (Å²) in [7, 11) is 0. The van der Waals surface area contributed by atoms with Gasteiger partial charge < -0.3 is 14.7 Å². The van der Waals surface area contributed by atoms with Crippen molar-refractivity contribution < 1.29 is 9.72 Å². The molecule has 2 aromatic carbocycles. The SMILES string of the molecule is O=C([C@H]1Cc2cc([N+](=O)[O-])ccc2N2CCCC[C@H]12)N1CCN(c2cccc(Cl)c2)CC1. The Bertz CT molecular complexity index is 1040. The van der Waals surface area contributed by atoms with E-state index in [1.165, 1.54) is 0 Å². The number of hydrogen-bond donors (Lipinski definition) is 0. The maximum Gasteiger partial charge on any atom is 0.269 e. The van der Waals surface area contributed by atoms with Gasteiger partial charge in [-0.1, -0.05) is 17.7 Å². The van der Waals surface area contributed by atoms with E-state index in [0.717, 1.165) is 55.8 Å². The Morgan fingerprint density at radius 1 is 1.03 bits per heavy atom. The van der Waals surface area contributed by atoms with E-state index in [-0.39, 0.29) is 28.5 Å². The van der Waals surface area contributed by atoms with Crippen LogP contribution in [0.2, 0.25) is 5.02 Å². The van der Waals surface area contributed by atoms with Gasteiger partial charge in [-0.05, 0) is 55.5 Å². The van der Waals surface area contributed by atoms with Crippen LogP contribution in [-0.4, -0.2) is 54.5 Å². The number of nitro benzene ring substituents is 1. The summed E-state index contributed by atoms with van der Waals surface area (Å²) in [6.07, 6.45) is 3.78. The van der Waals surface area contributed by atoms with Crippen LogP contribution in [0.25, 0.3) is 0 Å². The van der Waals surface area contributed by atoms with Gasteiger partial charge in [-0.15, -0.1) is 0 Å². The number of non-ortho nitro benzene ring substituents is 1. The summed E-state index contributed by atoms with van der Waals surface area (Å²) in [6.45, 7) is 3.80. The minimum atomic E-state index is -0.353. The average Bonchev–Trinajstić information content (AvgIpc) is 2.83. The molecule has 1 amide bonds. The predicted octanol–water partition coefficient (Wildman–Crippen LogP) is 4.13. The number of benzene rings is 2. The second-order valence-corrected chi connectivity index (χ2v) is 9.37. The molecule has 3 aliphatic rings. The number of carbonyl (C=O) groups excluding carboxylic acids is 1. The summed E-state index contributed by atoms with van der Waals surface area (Å²) >= 11 is 6.14. The van der Waals surface area contributed by atoms with Gasteiger partial charge >= 0.3 is 0 Å². The average molecular weight is 455 g/mol. The summed E-state index contributed by atoms with van der Waals surface area (Å²) in [6, 6.07) is 13.1. The molecule has 0 spiro atoms. The molecule has 32 heavy (non-hydrogen) atoms. The molecule has 0 N–H and O–H groups in total. The smallest absolute Gasteiger partial charge is 0.269 e. The number of piperidine rings is 1. The van der Waals surface area contributed by atoms with E-state index >= 15 is 0 Å². The standard InChI is InChI=1S/C24H27ClN4O3/c25-18-4-3-5-19(16-18)26-10-12-27(13-11-26)24(30)21-15-17-14-20(29(31)32)7-8-22(17)28-9-2-1-6-23(21)28/h3-5,7-8,14,16,21,23H,1-2,6,9-13,15H2/t21-,23+/m0/s1. The van der Waals surface area contributed by atoms with Gasteiger partial charge in [0, 0.05) is 67.3 Å². The second kappa shape index (κ2) is 8.62. The van der Waals surface area contributed by atoms with E-state index in [0.29, 0.717) is 24.5 Å². The molecule has 0 aromatic heterocycles. The third-order valence-corrected chi connectivity index (χ3v) is 7.35. The van der Waals surface area contributed by atoms with E-state index in [1.54, 1.807) is 12.1 Å². The molecule has 7 nitrogen and oxygen atoms in total. The number of nitrogens with zero attached hydrogens (tertiary/aromatic N) is 4. The molecule has 8 heteroatoms. The third-order valence-electron chi connectivity index (χ3n) is 7.12. The summed E-state index contributed by atoms with van der Waals surface area (Å²) < 4.78 is 0. The fourth-order valence-corrected chi connectivity index (χ4v) is 5.71. The topological polar surface area (TPSA) is 69.9 Å². The van der Waals surface area contributed by atoms with Gasteiger partial charge in [-0.2, -0.15) is 0 Å². The van der Waals surface area contributed by atoms with Gasteiger partial charge in [0.2, 0.25) is 5.91 Å². The van der Waals surface area contributed by atoms with Crippen LogP contribution in [0, 0.1) is 16.0 Å². The number of halogens is 1. The van der Waals surface area contributed by atoms with Crippen molar-refractivity contribution in [1.29, 1.82) is 0 Å². The Hall–Kier alpha value is -2.80. The van der Waals surface area contributed by atoms with E-state index in [1.807, 2.05) is 35.2 Å². The number of hydrogen-bond acceptors (Lipinski definition) is 5. The van der Waals surface area contributed by atoms with Crippen LogP contribution in [-0.2, 0) is 11.2 Å². The normalized spacial score (nSPS) is 22.8. The molecular weight excluding hydrogens is 428 g/mol. The highest BCUT2D eigenvalue weighted by molar-refractivity contribution is 6.30. The second-order valence-electron chi connectivity index (χ2n) is 8.93. The molecule has 0 aliphatic carbocycles. The fraction of sp³-hybridized carbons (Fsp3) is 0.458. The van der Waals surface area contributed by atoms with Crippen molar-refractivity contribution in [3.8, 4) is 0 Å². The largest absolute Gasteiger partial charge is 0.368 e. The Morgan fingerprint density at radius 2 is 1.84 bits per heavy atom. The van der Waals surface area contributed by atoms with Gasteiger partial charge in [0.05, 0.1) is 10.8 Å². The Labute approximate surface area is 192 Å². The lowest BCUT2D eigenvalue weighted by Crippen LogP contribution is -2.57. The summed E-state index contributed by atoms with van der Waals surface area (Å²) in [4.78, 5) is 31.2. The van der Waals surface area contributed by atoms with Crippen molar-refractivity contribution in [2.45, 2.75) is 31.7 Å². The van der Waals surface area contributed by atoms with Gasteiger partial charge in [-0.25, -0.2) is 0 Å². The molecule has 2 atom stereocenters. The Morgan fingerprint density at radius 3 is 2.59 bits per heavy atom. The molecule has 3 heterocycles. The third kappa shape index (κ3) is 3.90. The van der Waals surface area contributed by atoms with Crippen LogP contribution in [0.1, 0.15) is 24.8 Å². The van der Waals surface area contributed by atoms with Crippen molar-refractivity contribution >= 4 is 34.6 Å². The van der Waals surface area contributed by atoms with E-state index in [2.05, 4.69) is 9.80 Å². The van der Waals surface area contributed by atoms with Crippen molar-refractivity contribution in [3.05, 3.63) is 63.2 Å². The molecular formula is C24H27ClN4O3. The molecule has 2 saturated heterocycles. The van der Waals surface area contributed by atoms with Crippen LogP contribution in [0.4, 0.5) is 17.1 Å². The Kier molecular flexibility index (Phi) is 5.67. The summed E-state index contributed by atoms with van der Waals surface area (Å²) in [5, 5.41) is 12.0. The van der Waals surface area contributed by atoms with Gasteiger partial charge in [0.15, 0.2) is 0 Å². The van der Waals surface area contributed by atoms with Crippen molar-refractivity contribution in [2.75, 3.05) is 42.5 Å². The van der Waals surface area contributed by atoms with Crippen LogP contribution >= 0.6 is 11.6 Å². The number of anilines is 2. The van der Waals surface area contributed by atoms with Gasteiger partial charge in [-0.3, -0.25) is 14.9 Å². The first kappa shape index (κ1) is 21.1. The minimum absolute atomic E-state index is 0.0977. The lowest BCUT2D eigenvalue weighted by Gasteiger charge is -2.47. The van der Waals surface area contributed by atoms with Gasteiger partial charge in [0.25, 0.3) is 5.69 Å². The maximum atomic E-state index is 13.7. The molecule has 0 unspecified atom stereocenters. The maximum absolute atomic E-state index is 13.7. The van der Waals surface area contributed by atoms with E-state index < -0.39 is 0 Å². The zero-order valence-corrected chi connectivity index (χ0v) is 18.7. The lowest BCUT2D eigenvalue weighted by molar-refractivity contribution is -0.384. The highest BCUT2D eigenvalue weighted by atomic mass is 35.5. The highest BCUT2D eigenvalue weighted by Crippen LogP contribution is 2.40. The lowest BCUT2D eigenvalue weighted by atomic mass is 9.80. The molecule has 168 valence electrons. The van der Waals surface area contributed by atoms with Crippen molar-refractivity contribution in [3.63, 3.8) is 0 Å². The van der Waals surface area contributed by atoms with Crippen LogP contribution in [0.3, 0.4) is 0 Å². The van der Waals surface area contributed by atoms with Crippen molar-refractivity contribution in [1.82, 2.24) is 4.90 Å². The van der Waals surface area contributed by atoms with Gasteiger partial charge in [0.1, 0.15) is 0 Å². The first-order valence-corrected chi connectivity index (χ1v) is 11.7. The molecule has 2 fully saturated rings. The van der Waals surface area contributed by atoms with Crippen molar-refractivity contribution in [2.24, 2.45) is 5.92 Å². The number of amides is 1. The first-order chi connectivity index (χ1) is 15.5. The first-order valence-electron chi connectivity index (χ1n) is 11.3. The molecule has 0 saturated carbocycles. The minimum Gasteiger partial charge on any atom is -0.368 e. The number of piperazine rings is 1. The molecule has 0 radical (unpaired) electrons. The Balaban J connectivity index is 1.34. The number of fused-ring (bicyclic) bond motifs is 3. The predicted molar refractivity (Wildman–Crippen MR) is 126 cm³/mol. The zero-order chi connectivity index (χ0) is 22.2. The monoisotopic (exact) mass is 454 g/mol. The van der Waals surface area contributed by atoms with E-state index in [4.69, 9.17) is 11.6 Å². The quantitative estimate of drug-likeness (QED) is 0.515. The fourth-order valence-electron chi connectivity index (χ4n) is 5.52. The number of nitro groups is 1.